The molecule has 118 valence electrons. The van der Waals surface area contributed by atoms with Crippen molar-refractivity contribution in [3.8, 4) is 0 Å². The van der Waals surface area contributed by atoms with Gasteiger partial charge in [0.05, 0.1) is 0 Å². The van der Waals surface area contributed by atoms with Gasteiger partial charge in [-0.25, -0.2) is 14.0 Å². The SMILES string of the molecule is C[C@@H](N)Cn1ccc2cc(F)ccc21.O=C(O)C=CC(=O)O. The molecule has 7 heteroatoms. The van der Waals surface area contributed by atoms with E-state index in [1.807, 2.05) is 23.8 Å². The van der Waals surface area contributed by atoms with Crippen LogP contribution in [0.1, 0.15) is 6.92 Å². The maximum absolute atomic E-state index is 12.9. The van der Waals surface area contributed by atoms with Gasteiger partial charge in [-0.3, -0.25) is 0 Å². The lowest BCUT2D eigenvalue weighted by Gasteiger charge is -2.07. The van der Waals surface area contributed by atoms with Crippen molar-refractivity contribution in [2.24, 2.45) is 5.73 Å². The van der Waals surface area contributed by atoms with E-state index in [2.05, 4.69) is 0 Å². The zero-order valence-corrected chi connectivity index (χ0v) is 11.9. The summed E-state index contributed by atoms with van der Waals surface area (Å²) in [4.78, 5) is 19.1. The fourth-order valence-electron chi connectivity index (χ4n) is 1.78. The number of rotatable bonds is 4. The molecule has 0 aliphatic carbocycles. The Morgan fingerprint density at radius 1 is 1.27 bits per heavy atom. The van der Waals surface area contributed by atoms with E-state index in [0.29, 0.717) is 12.2 Å². The van der Waals surface area contributed by atoms with Gasteiger partial charge in [-0.1, -0.05) is 0 Å². The first kappa shape index (κ1) is 17.4. The molecule has 0 aliphatic heterocycles. The molecule has 0 saturated heterocycles. The molecule has 6 nitrogen and oxygen atoms in total. The third-order valence-corrected chi connectivity index (χ3v) is 2.59. The molecule has 1 aromatic carbocycles. The minimum absolute atomic E-state index is 0.107. The van der Waals surface area contributed by atoms with Gasteiger partial charge in [0.25, 0.3) is 0 Å². The van der Waals surface area contributed by atoms with Gasteiger partial charge in [0, 0.05) is 41.8 Å². The third kappa shape index (κ3) is 5.76. The van der Waals surface area contributed by atoms with Crippen LogP contribution in [0.25, 0.3) is 10.9 Å². The van der Waals surface area contributed by atoms with Gasteiger partial charge >= 0.3 is 11.9 Å². The van der Waals surface area contributed by atoms with Crippen LogP contribution in [0, 0.1) is 5.82 Å². The number of fused-ring (bicyclic) bond motifs is 1. The molecule has 4 N–H and O–H groups in total. The van der Waals surface area contributed by atoms with Crippen LogP contribution in [0.5, 0.6) is 0 Å². The fourth-order valence-corrected chi connectivity index (χ4v) is 1.78. The zero-order chi connectivity index (χ0) is 16.7. The highest BCUT2D eigenvalue weighted by molar-refractivity contribution is 5.89. The van der Waals surface area contributed by atoms with Gasteiger partial charge in [-0.05, 0) is 31.2 Å². The maximum atomic E-state index is 12.9. The van der Waals surface area contributed by atoms with Gasteiger partial charge in [-0.2, -0.15) is 0 Å². The Bertz CT molecular complexity index is 676. The standard InChI is InChI=1S/C11H13FN2.C4H4O4/c1-8(13)7-14-5-4-9-6-10(12)2-3-11(9)14;5-3(6)1-2-4(7)8/h2-6,8H,7,13H2,1H3;1-2H,(H,5,6)(H,7,8)/t8-;/m1./s1. The molecule has 1 heterocycles. The summed E-state index contributed by atoms with van der Waals surface area (Å²) in [5, 5.41) is 16.5. The van der Waals surface area contributed by atoms with Gasteiger partial charge in [0.2, 0.25) is 0 Å². The number of benzene rings is 1. The van der Waals surface area contributed by atoms with E-state index in [-0.39, 0.29) is 11.9 Å². The lowest BCUT2D eigenvalue weighted by Crippen LogP contribution is -2.21. The van der Waals surface area contributed by atoms with E-state index in [9.17, 15) is 14.0 Å². The normalized spacial score (nSPS) is 12.0. The number of nitrogens with zero attached hydrogens (tertiary/aromatic N) is 1. The Hall–Kier alpha value is -2.67. The molecule has 0 bridgehead atoms. The summed E-state index contributed by atoms with van der Waals surface area (Å²) in [6.07, 6.45) is 3.05. The second-order valence-electron chi connectivity index (χ2n) is 4.66. The van der Waals surface area contributed by atoms with E-state index >= 15 is 0 Å². The van der Waals surface area contributed by atoms with Crippen molar-refractivity contribution in [2.45, 2.75) is 19.5 Å². The van der Waals surface area contributed by atoms with Gasteiger partial charge < -0.3 is 20.5 Å². The van der Waals surface area contributed by atoms with Gasteiger partial charge in [0.15, 0.2) is 0 Å². The molecule has 0 fully saturated rings. The number of carboxylic acid groups (broad SMARTS) is 2. The number of carbonyl (C=O) groups is 2. The van der Waals surface area contributed by atoms with Crippen LogP contribution in [0.15, 0.2) is 42.6 Å². The molecule has 2 rings (SSSR count). The molecule has 0 unspecified atom stereocenters. The Balaban J connectivity index is 0.000000261. The fraction of sp³-hybridized carbons (Fsp3) is 0.200. The quantitative estimate of drug-likeness (QED) is 0.747. The number of aromatic nitrogens is 1. The zero-order valence-electron chi connectivity index (χ0n) is 11.9. The van der Waals surface area contributed by atoms with Gasteiger partial charge in [-0.15, -0.1) is 0 Å². The molecule has 0 amide bonds. The van der Waals surface area contributed by atoms with Crippen LogP contribution in [0.4, 0.5) is 4.39 Å². The number of nitrogens with two attached hydrogens (primary N) is 1. The predicted octanol–water partition coefficient (Wildman–Crippen LogP) is 1.84. The predicted molar refractivity (Wildman–Crippen MR) is 80.0 cm³/mol. The summed E-state index contributed by atoms with van der Waals surface area (Å²) in [5.74, 6) is -2.71. The summed E-state index contributed by atoms with van der Waals surface area (Å²) in [7, 11) is 0. The first-order valence-electron chi connectivity index (χ1n) is 6.43. The summed E-state index contributed by atoms with van der Waals surface area (Å²) in [5.41, 5.74) is 6.74. The molecule has 0 aliphatic rings. The van der Waals surface area contributed by atoms with Crippen molar-refractivity contribution in [1.82, 2.24) is 4.57 Å². The van der Waals surface area contributed by atoms with E-state index in [1.165, 1.54) is 12.1 Å². The Morgan fingerprint density at radius 3 is 2.36 bits per heavy atom. The molecular formula is C15H17FN2O4. The molecule has 22 heavy (non-hydrogen) atoms. The van der Waals surface area contributed by atoms with Crippen molar-refractivity contribution < 1.29 is 24.2 Å². The monoisotopic (exact) mass is 308 g/mol. The van der Waals surface area contributed by atoms with E-state index in [0.717, 1.165) is 17.4 Å². The molecule has 1 atom stereocenters. The minimum Gasteiger partial charge on any atom is -0.478 e. The first-order valence-corrected chi connectivity index (χ1v) is 6.43. The lowest BCUT2D eigenvalue weighted by atomic mass is 10.2. The second kappa shape index (κ2) is 7.94. The molecule has 0 radical (unpaired) electrons. The second-order valence-corrected chi connectivity index (χ2v) is 4.66. The summed E-state index contributed by atoms with van der Waals surface area (Å²) < 4.78 is 14.9. The van der Waals surface area contributed by atoms with Crippen LogP contribution < -0.4 is 5.73 Å². The first-order chi connectivity index (χ1) is 10.3. The Kier molecular flexibility index (Phi) is 6.27. The number of aliphatic carboxylic acids is 2. The van der Waals surface area contributed by atoms with Crippen LogP contribution in [0.3, 0.4) is 0 Å². The van der Waals surface area contributed by atoms with Crippen molar-refractivity contribution in [2.75, 3.05) is 0 Å². The molecule has 1 aromatic heterocycles. The lowest BCUT2D eigenvalue weighted by molar-refractivity contribution is -0.134. The van der Waals surface area contributed by atoms with E-state index in [1.54, 1.807) is 6.07 Å². The average Bonchev–Trinajstić information content (AvgIpc) is 2.78. The van der Waals surface area contributed by atoms with E-state index < -0.39 is 11.9 Å². The molecular weight excluding hydrogens is 291 g/mol. The number of halogens is 1. The van der Waals surface area contributed by atoms with Crippen molar-refractivity contribution >= 4 is 22.8 Å². The highest BCUT2D eigenvalue weighted by Gasteiger charge is 2.03. The molecule has 0 spiro atoms. The van der Waals surface area contributed by atoms with E-state index in [4.69, 9.17) is 15.9 Å². The largest absolute Gasteiger partial charge is 0.478 e. The third-order valence-electron chi connectivity index (χ3n) is 2.59. The highest BCUT2D eigenvalue weighted by atomic mass is 19.1. The van der Waals surface area contributed by atoms with Crippen LogP contribution in [-0.4, -0.2) is 32.8 Å². The average molecular weight is 308 g/mol. The van der Waals surface area contributed by atoms with Gasteiger partial charge in [0.1, 0.15) is 5.82 Å². The van der Waals surface area contributed by atoms with Crippen molar-refractivity contribution in [3.63, 3.8) is 0 Å². The summed E-state index contributed by atoms with van der Waals surface area (Å²) >= 11 is 0. The number of hydrogen-bond donors (Lipinski definition) is 3. The van der Waals surface area contributed by atoms with Crippen LogP contribution >= 0.6 is 0 Å². The minimum atomic E-state index is -1.26. The summed E-state index contributed by atoms with van der Waals surface area (Å²) in [6.45, 7) is 2.71. The van der Waals surface area contributed by atoms with Crippen LogP contribution in [0.2, 0.25) is 0 Å². The highest BCUT2D eigenvalue weighted by Crippen LogP contribution is 2.17. The Labute approximate surface area is 126 Å². The Morgan fingerprint density at radius 2 is 1.86 bits per heavy atom. The topological polar surface area (TPSA) is 106 Å². The smallest absolute Gasteiger partial charge is 0.328 e. The number of carboxylic acids is 2. The summed E-state index contributed by atoms with van der Waals surface area (Å²) in [6, 6.07) is 6.80. The molecule has 2 aromatic rings. The van der Waals surface area contributed by atoms with Crippen molar-refractivity contribution in [3.05, 3.63) is 48.4 Å². The van der Waals surface area contributed by atoms with Crippen molar-refractivity contribution in [1.29, 1.82) is 0 Å². The van der Waals surface area contributed by atoms with Crippen LogP contribution in [-0.2, 0) is 16.1 Å². The number of hydrogen-bond acceptors (Lipinski definition) is 3. The molecule has 0 saturated carbocycles. The maximum Gasteiger partial charge on any atom is 0.328 e.